The molecule has 0 bridgehead atoms. The van der Waals surface area contributed by atoms with Gasteiger partial charge in [0.15, 0.2) is 24.7 Å². The van der Waals surface area contributed by atoms with Gasteiger partial charge in [-0.2, -0.15) is 0 Å². The van der Waals surface area contributed by atoms with Crippen LogP contribution in [0.2, 0.25) is 0 Å². The van der Waals surface area contributed by atoms with E-state index in [1.54, 1.807) is 6.92 Å². The van der Waals surface area contributed by atoms with Crippen LogP contribution in [-0.4, -0.2) is 299 Å². The molecule has 8 amide bonds. The number of hydrogen-bond acceptors (Lipinski definition) is 29. The highest BCUT2D eigenvalue weighted by Crippen LogP contribution is 2.42. The predicted molar refractivity (Wildman–Crippen MR) is 385 cm³/mol. The first-order valence-corrected chi connectivity index (χ1v) is 39.6. The number of aliphatic hydroxyl groups excluding tert-OH is 10. The van der Waals surface area contributed by atoms with Crippen molar-refractivity contribution in [1.29, 1.82) is 0 Å². The lowest BCUT2D eigenvalue weighted by Crippen LogP contribution is -2.64. The quantitative estimate of drug-likeness (QED) is 0.0214. The van der Waals surface area contributed by atoms with Gasteiger partial charge in [0.05, 0.1) is 51.1 Å². The molecule has 109 heavy (non-hydrogen) atoms. The largest absolute Gasteiger partial charge is 0.471 e. The minimum absolute atomic E-state index is 0.0429. The number of ether oxygens (including phenoxy) is 6. The van der Waals surface area contributed by atoms with Gasteiger partial charge >= 0.3 is 7.82 Å². The monoisotopic (exact) mass is 1590 g/mol. The number of amides is 8. The third kappa shape index (κ3) is 38.8. The Morgan fingerprint density at radius 3 is 1.30 bits per heavy atom. The van der Waals surface area contributed by atoms with Gasteiger partial charge in [0.1, 0.15) is 72.7 Å². The maximum atomic E-state index is 14.4. The van der Waals surface area contributed by atoms with Crippen molar-refractivity contribution in [3.05, 3.63) is 0 Å². The molecule has 0 saturated carbocycles. The summed E-state index contributed by atoms with van der Waals surface area (Å²) in [6.45, 7) is 2.21. The molecule has 0 aliphatic carbocycles. The Morgan fingerprint density at radius 2 is 0.844 bits per heavy atom. The molecule has 1 unspecified atom stereocenters. The van der Waals surface area contributed by atoms with Crippen molar-refractivity contribution < 1.29 is 146 Å². The number of hydrogen-bond donors (Lipinski definition) is 19. The van der Waals surface area contributed by atoms with Crippen LogP contribution < -0.4 is 42.5 Å². The first kappa shape index (κ1) is 97.8. The molecule has 0 aromatic carbocycles. The van der Waals surface area contributed by atoms with E-state index >= 15 is 0 Å². The summed E-state index contributed by atoms with van der Waals surface area (Å²) >= 11 is 0. The van der Waals surface area contributed by atoms with Crippen LogP contribution in [-0.2, 0) is 90.0 Å². The average Bonchev–Trinajstić information content (AvgIpc) is 0.823. The highest BCUT2D eigenvalue weighted by Gasteiger charge is 2.47. The number of nitrogens with one attached hydrogen (secondary N) is 8. The third-order valence-electron chi connectivity index (χ3n) is 18.7. The van der Waals surface area contributed by atoms with Gasteiger partial charge in [0, 0.05) is 118 Å². The van der Waals surface area contributed by atoms with Crippen molar-refractivity contribution in [2.24, 2.45) is 11.8 Å². The zero-order chi connectivity index (χ0) is 80.8. The summed E-state index contributed by atoms with van der Waals surface area (Å²) in [6.07, 6.45) is -7.47. The fourth-order valence-corrected chi connectivity index (χ4v) is 12.8. The number of carbonyl (C=O) groups excluding carboxylic acids is 10. The predicted octanol–water partition coefficient (Wildman–Crippen LogP) is -2.91. The smallest absolute Gasteiger partial charge is 0.395 e. The SMILES string of the molecule is COP(=O)(O)OC[C@H](CC(=O)CCCCCNC(=O)CCCCCCC(=O)[C@H](CCCCNC(=O)CCCCO[C@@H]1O[C@H](CO)[C@H](O)[C@H](O)[C@H]1NC(C)=O)NC(=O)[C@H](CCCCNC(=O)CCCCO[C@@H]1O[C@H](CO)[C@H](O)[C@H](O)[C@H]1NC(C)=O)NC(=O)CCCCO[C@@H]1O[C@H](CO)[C@H](O)[C@H](O)[C@H]1C)C(=O)NCCO. The number of unbranched alkanes of at least 4 members (excludes halogenated alkanes) is 10. The van der Waals surface area contributed by atoms with Crippen LogP contribution in [0.5, 0.6) is 0 Å². The number of aliphatic hydroxyl groups is 10. The van der Waals surface area contributed by atoms with Crippen molar-refractivity contribution in [1.82, 2.24) is 42.5 Å². The lowest BCUT2D eigenvalue weighted by molar-refractivity contribution is -0.282. The second-order valence-corrected chi connectivity index (χ2v) is 29.3. The molecule has 19 atom stereocenters. The number of phosphoric ester groups is 1. The maximum absolute atomic E-state index is 14.4. The molecule has 3 saturated heterocycles. The molecule has 3 rings (SSSR count). The molecule has 0 aromatic heterocycles. The maximum Gasteiger partial charge on any atom is 0.471 e. The Kier molecular flexibility index (Phi) is 49.4. The van der Waals surface area contributed by atoms with Crippen LogP contribution in [0.1, 0.15) is 188 Å². The highest BCUT2D eigenvalue weighted by atomic mass is 31.2. The second-order valence-electron chi connectivity index (χ2n) is 27.7. The lowest BCUT2D eigenvalue weighted by atomic mass is 9.92. The summed E-state index contributed by atoms with van der Waals surface area (Å²) in [5.41, 5.74) is 0. The number of Topliss-reactive ketones (excluding diaryl/α,β-unsaturated/α-hetero) is 2. The molecule has 3 heterocycles. The van der Waals surface area contributed by atoms with Crippen LogP contribution in [0.25, 0.3) is 0 Å². The van der Waals surface area contributed by atoms with Crippen molar-refractivity contribution >= 4 is 66.6 Å². The normalized spacial score (nSPS) is 25.5. The van der Waals surface area contributed by atoms with E-state index in [0.29, 0.717) is 109 Å². The summed E-state index contributed by atoms with van der Waals surface area (Å²) in [5, 5.41) is 122. The topological polar surface area (TPSA) is 580 Å². The van der Waals surface area contributed by atoms with E-state index in [1.807, 2.05) is 0 Å². The van der Waals surface area contributed by atoms with E-state index in [1.165, 1.54) is 13.8 Å². The third-order valence-corrected chi connectivity index (χ3v) is 19.7. The molecule has 3 aliphatic rings. The fraction of sp³-hybridized carbons (Fsp3) is 0.857. The molecule has 630 valence electrons. The van der Waals surface area contributed by atoms with Crippen molar-refractivity contribution in [3.63, 3.8) is 0 Å². The Bertz CT molecular complexity index is 2750. The van der Waals surface area contributed by atoms with Gasteiger partial charge in [0.25, 0.3) is 0 Å². The molecule has 0 spiro atoms. The van der Waals surface area contributed by atoms with Gasteiger partial charge in [-0.3, -0.25) is 57.0 Å². The molecule has 0 aromatic rings. The molecule has 39 heteroatoms. The average molecular weight is 1590 g/mol. The molecule has 3 fully saturated rings. The standard InChI is InChI=1S/C70H125N8O30P/c1-43-60(91)61(92)51(39-80)106-68(43)102-35-21-15-29-57(90)77-49(24-12-18-32-73-56(89)28-14-20-37-104-70-59(76-45(3)84)65(96)63(94)53(41-82)108-70)67(98)78-48(23-11-17-31-72-55(88)27-13-19-36-103-69-58(75-44(2)83)64(95)62(93)52(40-81)107-69)50(86)25-9-5-6-10-26-54(87)71-30-16-7-8-22-47(85)38-46(66(97)74-33-34-79)42-105-109(99,100)101-4/h43,46,48-49,51-53,58-65,68-70,79-82,91-96H,5-42H2,1-4H3,(H,71,87)(H,72,88)(H,73,89)(H,74,97)(H,75,83)(H,76,84)(H,77,90)(H,78,98)(H,99,100)/t43-,46+,48+,49+,51-,52-,53-,58-,59-,60-,61+,62+,63+,64-,65-,68-,69-,70-/m1/s1. The molecule has 3 aliphatic heterocycles. The van der Waals surface area contributed by atoms with Gasteiger partial charge in [-0.25, -0.2) is 4.57 Å². The van der Waals surface area contributed by atoms with Crippen LogP contribution in [0.3, 0.4) is 0 Å². The zero-order valence-electron chi connectivity index (χ0n) is 63.4. The Hall–Kier alpha value is -5.43. The summed E-state index contributed by atoms with van der Waals surface area (Å²) in [5.74, 6) is -5.85. The van der Waals surface area contributed by atoms with Gasteiger partial charge in [-0.15, -0.1) is 0 Å². The van der Waals surface area contributed by atoms with Crippen molar-refractivity contribution in [2.75, 3.05) is 86.1 Å². The van der Waals surface area contributed by atoms with Crippen LogP contribution in [0.4, 0.5) is 0 Å². The van der Waals surface area contributed by atoms with E-state index in [-0.39, 0.29) is 140 Å². The number of ketones is 2. The Balaban J connectivity index is 1.62. The van der Waals surface area contributed by atoms with Gasteiger partial charge in [0.2, 0.25) is 47.3 Å². The summed E-state index contributed by atoms with van der Waals surface area (Å²) in [7, 11) is -3.47. The minimum Gasteiger partial charge on any atom is -0.395 e. The summed E-state index contributed by atoms with van der Waals surface area (Å²) < 4.78 is 55.1. The Labute approximate surface area is 636 Å². The molecular formula is C70H125N8O30P. The summed E-state index contributed by atoms with van der Waals surface area (Å²) in [6, 6.07) is -4.41. The van der Waals surface area contributed by atoms with Gasteiger partial charge < -0.3 is 127 Å². The lowest BCUT2D eigenvalue weighted by Gasteiger charge is -2.42. The number of phosphoric acid groups is 1. The van der Waals surface area contributed by atoms with Crippen molar-refractivity contribution in [2.45, 2.75) is 286 Å². The van der Waals surface area contributed by atoms with Crippen LogP contribution in [0, 0.1) is 11.8 Å². The van der Waals surface area contributed by atoms with Crippen LogP contribution in [0.15, 0.2) is 0 Å². The molecule has 19 N–H and O–H groups in total. The first-order valence-electron chi connectivity index (χ1n) is 38.1. The van der Waals surface area contributed by atoms with E-state index in [4.69, 9.17) is 38.1 Å². The second kappa shape index (κ2) is 55.1. The molecule has 0 radical (unpaired) electrons. The highest BCUT2D eigenvalue weighted by molar-refractivity contribution is 7.47. The minimum atomic E-state index is -4.42. The number of carbonyl (C=O) groups is 10. The number of rotatable bonds is 59. The molecular weight excluding hydrogens is 1460 g/mol. The fourth-order valence-electron chi connectivity index (χ4n) is 12.3. The van der Waals surface area contributed by atoms with E-state index < -0.39 is 174 Å². The van der Waals surface area contributed by atoms with Gasteiger partial charge in [-0.05, 0) is 103 Å². The molecule has 38 nitrogen and oxygen atoms in total. The van der Waals surface area contributed by atoms with E-state index in [2.05, 4.69) is 47.1 Å². The zero-order valence-corrected chi connectivity index (χ0v) is 64.3. The Morgan fingerprint density at radius 1 is 0.440 bits per heavy atom. The van der Waals surface area contributed by atoms with Gasteiger partial charge in [-0.1, -0.05) is 26.2 Å². The van der Waals surface area contributed by atoms with E-state index in [0.717, 1.165) is 7.11 Å². The van der Waals surface area contributed by atoms with E-state index in [9.17, 15) is 103 Å². The first-order chi connectivity index (χ1) is 52.0. The van der Waals surface area contributed by atoms with Crippen molar-refractivity contribution in [3.8, 4) is 0 Å². The van der Waals surface area contributed by atoms with Crippen LogP contribution >= 0.6 is 7.82 Å². The summed E-state index contributed by atoms with van der Waals surface area (Å²) in [4.78, 5) is 139.